The van der Waals surface area contributed by atoms with Gasteiger partial charge in [0.1, 0.15) is 11.7 Å². The Kier molecular flexibility index (Phi) is 5.03. The van der Waals surface area contributed by atoms with E-state index in [2.05, 4.69) is 20.8 Å². The molecule has 0 aliphatic carbocycles. The molecule has 114 valence electrons. The van der Waals surface area contributed by atoms with E-state index in [9.17, 15) is 9.90 Å². The highest BCUT2D eigenvalue weighted by molar-refractivity contribution is 7.12. The molecule has 0 radical (unpaired) electrons. The predicted octanol–water partition coefficient (Wildman–Crippen LogP) is 4.06. The summed E-state index contributed by atoms with van der Waals surface area (Å²) in [7, 11) is 0. The van der Waals surface area contributed by atoms with Gasteiger partial charge in [0.2, 0.25) is 0 Å². The van der Waals surface area contributed by atoms with Crippen molar-refractivity contribution >= 4 is 17.3 Å². The molecule has 3 nitrogen and oxygen atoms in total. The van der Waals surface area contributed by atoms with Crippen LogP contribution in [-0.4, -0.2) is 16.7 Å². The van der Waals surface area contributed by atoms with Crippen molar-refractivity contribution in [3.05, 3.63) is 21.9 Å². The van der Waals surface area contributed by atoms with Crippen molar-refractivity contribution in [2.24, 2.45) is 5.92 Å². The molecule has 0 spiro atoms. The van der Waals surface area contributed by atoms with Crippen molar-refractivity contribution < 1.29 is 14.6 Å². The molecule has 4 heteroatoms. The van der Waals surface area contributed by atoms with Crippen LogP contribution in [0.5, 0.6) is 0 Å². The fraction of sp³-hybridized carbons (Fsp3) is 0.688. The van der Waals surface area contributed by atoms with Crippen LogP contribution in [0.15, 0.2) is 12.1 Å². The quantitative estimate of drug-likeness (QED) is 0.856. The number of carbonyl (C=O) groups excluding carboxylic acids is 1. The molecule has 0 aromatic carbocycles. The van der Waals surface area contributed by atoms with E-state index in [-0.39, 0.29) is 11.4 Å². The van der Waals surface area contributed by atoms with E-state index in [1.807, 2.05) is 32.9 Å². The summed E-state index contributed by atoms with van der Waals surface area (Å²) >= 11 is 1.55. The molecule has 0 saturated carbocycles. The number of aliphatic hydroxyl groups is 1. The number of esters is 1. The summed E-state index contributed by atoms with van der Waals surface area (Å²) < 4.78 is 5.32. The number of thiophene rings is 1. The van der Waals surface area contributed by atoms with Crippen molar-refractivity contribution in [1.29, 1.82) is 0 Å². The van der Waals surface area contributed by atoms with Gasteiger partial charge in [-0.25, -0.2) is 0 Å². The Bertz CT molecular complexity index is 463. The zero-order chi connectivity index (χ0) is 15.7. The molecule has 1 aromatic rings. The van der Waals surface area contributed by atoms with Gasteiger partial charge in [0.05, 0.1) is 5.92 Å². The normalized spacial score (nSPS) is 15.8. The van der Waals surface area contributed by atoms with Crippen LogP contribution in [0.3, 0.4) is 0 Å². The summed E-state index contributed by atoms with van der Waals surface area (Å²) in [6, 6.07) is 3.92. The van der Waals surface area contributed by atoms with E-state index in [0.29, 0.717) is 0 Å². The molecule has 0 aliphatic rings. The highest BCUT2D eigenvalue weighted by Crippen LogP contribution is 2.35. The maximum atomic E-state index is 12.0. The monoisotopic (exact) mass is 298 g/mol. The number of carbonyl (C=O) groups is 1. The largest absolute Gasteiger partial charge is 0.460 e. The molecule has 1 heterocycles. The third-order valence-electron chi connectivity index (χ3n) is 2.91. The lowest BCUT2D eigenvalue weighted by Gasteiger charge is -2.24. The van der Waals surface area contributed by atoms with Crippen LogP contribution < -0.4 is 0 Å². The van der Waals surface area contributed by atoms with Gasteiger partial charge in [0.25, 0.3) is 0 Å². The van der Waals surface area contributed by atoms with Gasteiger partial charge in [-0.05, 0) is 45.2 Å². The summed E-state index contributed by atoms with van der Waals surface area (Å²) in [6.45, 7) is 13.6. The first kappa shape index (κ1) is 17.2. The highest BCUT2D eigenvalue weighted by Gasteiger charge is 2.30. The van der Waals surface area contributed by atoms with Crippen molar-refractivity contribution in [2.45, 2.75) is 65.6 Å². The molecule has 1 aromatic heterocycles. The molecule has 0 fully saturated rings. The number of ether oxygens (including phenoxy) is 1. The van der Waals surface area contributed by atoms with Gasteiger partial charge < -0.3 is 9.84 Å². The number of hydrogen-bond acceptors (Lipinski definition) is 4. The van der Waals surface area contributed by atoms with E-state index >= 15 is 0 Å². The molecular formula is C16H26O3S. The molecule has 0 bridgehead atoms. The Labute approximate surface area is 126 Å². The van der Waals surface area contributed by atoms with E-state index in [0.717, 1.165) is 4.88 Å². The number of rotatable bonds is 3. The summed E-state index contributed by atoms with van der Waals surface area (Å²) in [5.74, 6) is -0.934. The average molecular weight is 298 g/mol. The summed E-state index contributed by atoms with van der Waals surface area (Å²) in [5, 5.41) is 10.3. The van der Waals surface area contributed by atoms with Gasteiger partial charge in [-0.2, -0.15) is 0 Å². The van der Waals surface area contributed by atoms with Crippen molar-refractivity contribution in [3.63, 3.8) is 0 Å². The molecular weight excluding hydrogens is 272 g/mol. The predicted molar refractivity (Wildman–Crippen MR) is 83.0 cm³/mol. The second-order valence-electron chi connectivity index (χ2n) is 7.22. The SMILES string of the molecule is CC(C(=O)OC(C)(C)C)C(O)c1ccc(C(C)(C)C)s1. The smallest absolute Gasteiger partial charge is 0.312 e. The maximum absolute atomic E-state index is 12.0. The van der Waals surface area contributed by atoms with Crippen LogP contribution in [0.25, 0.3) is 0 Å². The fourth-order valence-corrected chi connectivity index (χ4v) is 2.84. The molecule has 2 atom stereocenters. The maximum Gasteiger partial charge on any atom is 0.312 e. The van der Waals surface area contributed by atoms with Crippen LogP contribution >= 0.6 is 11.3 Å². The Morgan fingerprint density at radius 1 is 1.20 bits per heavy atom. The first-order chi connectivity index (χ1) is 8.92. The van der Waals surface area contributed by atoms with Gasteiger partial charge in [-0.15, -0.1) is 11.3 Å². The topological polar surface area (TPSA) is 46.5 Å². The van der Waals surface area contributed by atoms with Crippen LogP contribution in [-0.2, 0) is 14.9 Å². The minimum atomic E-state index is -0.814. The summed E-state index contributed by atoms with van der Waals surface area (Å²) in [5.41, 5.74) is -0.477. The highest BCUT2D eigenvalue weighted by atomic mass is 32.1. The lowest BCUT2D eigenvalue weighted by molar-refractivity contribution is -0.163. The van der Waals surface area contributed by atoms with E-state index in [4.69, 9.17) is 4.74 Å². The molecule has 0 aliphatic heterocycles. The Morgan fingerprint density at radius 3 is 2.15 bits per heavy atom. The van der Waals surface area contributed by atoms with Crippen LogP contribution in [0.1, 0.15) is 64.3 Å². The molecule has 1 rings (SSSR count). The summed E-state index contributed by atoms with van der Waals surface area (Å²) in [6.07, 6.45) is -0.814. The van der Waals surface area contributed by atoms with E-state index in [1.54, 1.807) is 18.3 Å². The molecule has 1 N–H and O–H groups in total. The first-order valence-electron chi connectivity index (χ1n) is 6.93. The lowest BCUT2D eigenvalue weighted by atomic mass is 9.95. The van der Waals surface area contributed by atoms with Gasteiger partial charge in [0.15, 0.2) is 0 Å². The zero-order valence-electron chi connectivity index (χ0n) is 13.5. The number of hydrogen-bond donors (Lipinski definition) is 1. The molecule has 20 heavy (non-hydrogen) atoms. The van der Waals surface area contributed by atoms with Gasteiger partial charge >= 0.3 is 5.97 Å². The Balaban J connectivity index is 2.82. The van der Waals surface area contributed by atoms with E-state index in [1.165, 1.54) is 4.88 Å². The minimum absolute atomic E-state index is 0.0534. The Morgan fingerprint density at radius 2 is 1.75 bits per heavy atom. The third kappa shape index (κ3) is 4.60. The zero-order valence-corrected chi connectivity index (χ0v) is 14.3. The van der Waals surface area contributed by atoms with Crippen LogP contribution in [0.2, 0.25) is 0 Å². The van der Waals surface area contributed by atoms with Crippen molar-refractivity contribution in [3.8, 4) is 0 Å². The van der Waals surface area contributed by atoms with Gasteiger partial charge in [-0.1, -0.05) is 20.8 Å². The Hall–Kier alpha value is -0.870. The van der Waals surface area contributed by atoms with Gasteiger partial charge in [-0.3, -0.25) is 4.79 Å². The minimum Gasteiger partial charge on any atom is -0.460 e. The average Bonchev–Trinajstić information content (AvgIpc) is 2.73. The van der Waals surface area contributed by atoms with Crippen LogP contribution in [0, 0.1) is 5.92 Å². The van der Waals surface area contributed by atoms with Crippen LogP contribution in [0.4, 0.5) is 0 Å². The second kappa shape index (κ2) is 5.86. The first-order valence-corrected chi connectivity index (χ1v) is 7.74. The third-order valence-corrected chi connectivity index (χ3v) is 4.49. The molecule has 0 amide bonds. The van der Waals surface area contributed by atoms with Crippen molar-refractivity contribution in [1.82, 2.24) is 0 Å². The molecule has 0 saturated heterocycles. The van der Waals surface area contributed by atoms with E-state index < -0.39 is 17.6 Å². The number of aliphatic hydroxyl groups excluding tert-OH is 1. The lowest BCUT2D eigenvalue weighted by Crippen LogP contribution is -2.30. The van der Waals surface area contributed by atoms with Gasteiger partial charge in [0, 0.05) is 9.75 Å². The molecule has 2 unspecified atom stereocenters. The standard InChI is InChI=1S/C16H26O3S/c1-10(14(18)19-16(5,6)7)13(17)11-8-9-12(20-11)15(2,3)4/h8-10,13,17H,1-7H3. The van der Waals surface area contributed by atoms with Crippen molar-refractivity contribution in [2.75, 3.05) is 0 Å². The summed E-state index contributed by atoms with van der Waals surface area (Å²) in [4.78, 5) is 14.0. The fourth-order valence-electron chi connectivity index (χ4n) is 1.68. The second-order valence-corrected chi connectivity index (χ2v) is 8.33.